The van der Waals surface area contributed by atoms with E-state index in [2.05, 4.69) is 46.7 Å². The third-order valence-corrected chi connectivity index (χ3v) is 3.92. The van der Waals surface area contributed by atoms with Crippen molar-refractivity contribution in [1.29, 1.82) is 0 Å². The third-order valence-electron chi connectivity index (χ3n) is 3.92. The maximum Gasteiger partial charge on any atom is 0.0484 e. The summed E-state index contributed by atoms with van der Waals surface area (Å²) in [6.07, 6.45) is 5.56. The van der Waals surface area contributed by atoms with Crippen LogP contribution in [-0.2, 0) is 6.42 Å². The summed E-state index contributed by atoms with van der Waals surface area (Å²) in [6, 6.07) is 14.8. The van der Waals surface area contributed by atoms with E-state index in [1.807, 2.05) is 12.3 Å². The number of rotatable bonds is 3. The fourth-order valence-corrected chi connectivity index (χ4v) is 2.84. The van der Waals surface area contributed by atoms with Gasteiger partial charge in [0.2, 0.25) is 0 Å². The average Bonchev–Trinajstić information content (AvgIpc) is 2.50. The second-order valence-electron chi connectivity index (χ2n) is 5.26. The molecule has 1 aromatic carbocycles. The SMILES string of the molecule is c1ccc(-c2cccnc2CC2CCNCC2)cc1. The molecule has 1 fully saturated rings. The number of aromatic nitrogens is 1. The summed E-state index contributed by atoms with van der Waals surface area (Å²) in [6.45, 7) is 2.30. The summed E-state index contributed by atoms with van der Waals surface area (Å²) in [7, 11) is 0. The molecule has 2 heterocycles. The Balaban J connectivity index is 1.85. The monoisotopic (exact) mass is 252 g/mol. The Morgan fingerprint density at radius 1 is 1.00 bits per heavy atom. The lowest BCUT2D eigenvalue weighted by Gasteiger charge is -2.23. The highest BCUT2D eigenvalue weighted by Crippen LogP contribution is 2.26. The van der Waals surface area contributed by atoms with Crippen molar-refractivity contribution in [1.82, 2.24) is 10.3 Å². The van der Waals surface area contributed by atoms with Gasteiger partial charge in [0.15, 0.2) is 0 Å². The first kappa shape index (κ1) is 12.4. The maximum absolute atomic E-state index is 4.63. The van der Waals surface area contributed by atoms with Crippen LogP contribution >= 0.6 is 0 Å². The van der Waals surface area contributed by atoms with Crippen molar-refractivity contribution in [2.75, 3.05) is 13.1 Å². The lowest BCUT2D eigenvalue weighted by Crippen LogP contribution is -2.28. The van der Waals surface area contributed by atoms with E-state index in [0.29, 0.717) is 0 Å². The summed E-state index contributed by atoms with van der Waals surface area (Å²) >= 11 is 0. The number of pyridine rings is 1. The van der Waals surface area contributed by atoms with Gasteiger partial charge in [-0.1, -0.05) is 36.4 Å². The van der Waals surface area contributed by atoms with Gasteiger partial charge in [0, 0.05) is 17.5 Å². The zero-order valence-electron chi connectivity index (χ0n) is 11.2. The number of hydrogen-bond donors (Lipinski definition) is 1. The standard InChI is InChI=1S/C17H20N2/c1-2-5-15(6-3-1)16-7-4-10-19-17(16)13-14-8-11-18-12-9-14/h1-7,10,14,18H,8-9,11-13H2. The molecule has 1 aromatic heterocycles. The Bertz CT molecular complexity index is 516. The molecule has 0 amide bonds. The first-order valence-electron chi connectivity index (χ1n) is 7.13. The van der Waals surface area contributed by atoms with E-state index < -0.39 is 0 Å². The molecule has 0 atom stereocenters. The van der Waals surface area contributed by atoms with Crippen LogP contribution in [0.4, 0.5) is 0 Å². The Labute approximate surface area is 114 Å². The van der Waals surface area contributed by atoms with Gasteiger partial charge >= 0.3 is 0 Å². The third kappa shape index (κ3) is 3.02. The predicted octanol–water partition coefficient (Wildman–Crippen LogP) is 3.29. The molecule has 2 nitrogen and oxygen atoms in total. The van der Waals surface area contributed by atoms with Crippen molar-refractivity contribution in [3.05, 3.63) is 54.4 Å². The van der Waals surface area contributed by atoms with Crippen LogP contribution in [0.15, 0.2) is 48.7 Å². The summed E-state index contributed by atoms with van der Waals surface area (Å²) in [5.41, 5.74) is 3.82. The molecule has 98 valence electrons. The van der Waals surface area contributed by atoms with Crippen molar-refractivity contribution in [2.24, 2.45) is 5.92 Å². The zero-order chi connectivity index (χ0) is 12.9. The number of hydrogen-bond acceptors (Lipinski definition) is 2. The largest absolute Gasteiger partial charge is 0.317 e. The molecule has 1 saturated heterocycles. The molecular weight excluding hydrogens is 232 g/mol. The molecule has 0 radical (unpaired) electrons. The molecule has 0 unspecified atom stereocenters. The van der Waals surface area contributed by atoms with Crippen molar-refractivity contribution in [3.63, 3.8) is 0 Å². The number of benzene rings is 1. The van der Waals surface area contributed by atoms with Gasteiger partial charge in [-0.05, 0) is 49.9 Å². The van der Waals surface area contributed by atoms with E-state index in [9.17, 15) is 0 Å². The van der Waals surface area contributed by atoms with E-state index in [1.165, 1.54) is 29.7 Å². The Hall–Kier alpha value is -1.67. The Morgan fingerprint density at radius 3 is 2.58 bits per heavy atom. The lowest BCUT2D eigenvalue weighted by molar-refractivity contribution is 0.370. The van der Waals surface area contributed by atoms with Gasteiger partial charge in [0.05, 0.1) is 0 Å². The molecule has 0 aliphatic carbocycles. The first-order chi connectivity index (χ1) is 9.43. The van der Waals surface area contributed by atoms with Crippen LogP contribution in [-0.4, -0.2) is 18.1 Å². The number of piperidine rings is 1. The van der Waals surface area contributed by atoms with E-state index in [1.54, 1.807) is 0 Å². The topological polar surface area (TPSA) is 24.9 Å². The van der Waals surface area contributed by atoms with Gasteiger partial charge in [-0.25, -0.2) is 0 Å². The minimum atomic E-state index is 0.776. The highest BCUT2D eigenvalue weighted by atomic mass is 14.9. The van der Waals surface area contributed by atoms with Gasteiger partial charge in [-0.15, -0.1) is 0 Å². The summed E-state index contributed by atoms with van der Waals surface area (Å²) in [4.78, 5) is 4.63. The molecule has 1 aliphatic rings. The summed E-state index contributed by atoms with van der Waals surface area (Å²) in [5, 5.41) is 3.43. The first-order valence-corrected chi connectivity index (χ1v) is 7.13. The second-order valence-corrected chi connectivity index (χ2v) is 5.26. The van der Waals surface area contributed by atoms with Crippen LogP contribution in [0.25, 0.3) is 11.1 Å². The van der Waals surface area contributed by atoms with E-state index in [4.69, 9.17) is 0 Å². The molecule has 0 spiro atoms. The normalized spacial score (nSPS) is 16.4. The van der Waals surface area contributed by atoms with Crippen LogP contribution in [0.5, 0.6) is 0 Å². The molecule has 0 bridgehead atoms. The Morgan fingerprint density at radius 2 is 1.79 bits per heavy atom. The van der Waals surface area contributed by atoms with Gasteiger partial charge in [-0.2, -0.15) is 0 Å². The van der Waals surface area contributed by atoms with Crippen LogP contribution in [0.2, 0.25) is 0 Å². The molecule has 1 aliphatic heterocycles. The highest BCUT2D eigenvalue weighted by molar-refractivity contribution is 5.65. The van der Waals surface area contributed by atoms with Gasteiger partial charge in [-0.3, -0.25) is 4.98 Å². The lowest BCUT2D eigenvalue weighted by atomic mass is 9.90. The molecule has 3 rings (SSSR count). The van der Waals surface area contributed by atoms with Crippen LogP contribution < -0.4 is 5.32 Å². The molecular formula is C17H20N2. The van der Waals surface area contributed by atoms with Crippen molar-refractivity contribution < 1.29 is 0 Å². The summed E-state index contributed by atoms with van der Waals surface area (Å²) in [5.74, 6) is 0.776. The molecule has 19 heavy (non-hydrogen) atoms. The van der Waals surface area contributed by atoms with Crippen molar-refractivity contribution in [3.8, 4) is 11.1 Å². The van der Waals surface area contributed by atoms with E-state index in [0.717, 1.165) is 25.4 Å². The highest BCUT2D eigenvalue weighted by Gasteiger charge is 2.16. The molecule has 2 heteroatoms. The molecule has 2 aromatic rings. The maximum atomic E-state index is 4.63. The minimum Gasteiger partial charge on any atom is -0.317 e. The van der Waals surface area contributed by atoms with E-state index in [-0.39, 0.29) is 0 Å². The smallest absolute Gasteiger partial charge is 0.0484 e. The number of nitrogens with one attached hydrogen (secondary N) is 1. The van der Waals surface area contributed by atoms with E-state index >= 15 is 0 Å². The zero-order valence-corrected chi connectivity index (χ0v) is 11.2. The fourth-order valence-electron chi connectivity index (χ4n) is 2.84. The van der Waals surface area contributed by atoms with Gasteiger partial charge < -0.3 is 5.32 Å². The molecule has 1 N–H and O–H groups in total. The second kappa shape index (κ2) is 5.98. The average molecular weight is 252 g/mol. The predicted molar refractivity (Wildman–Crippen MR) is 79.0 cm³/mol. The van der Waals surface area contributed by atoms with Crippen molar-refractivity contribution in [2.45, 2.75) is 19.3 Å². The molecule has 0 saturated carbocycles. The Kier molecular flexibility index (Phi) is 3.89. The van der Waals surface area contributed by atoms with Crippen molar-refractivity contribution >= 4 is 0 Å². The fraction of sp³-hybridized carbons (Fsp3) is 0.353. The summed E-state index contributed by atoms with van der Waals surface area (Å²) < 4.78 is 0. The van der Waals surface area contributed by atoms with Crippen LogP contribution in [0.3, 0.4) is 0 Å². The van der Waals surface area contributed by atoms with Gasteiger partial charge in [0.25, 0.3) is 0 Å². The quantitative estimate of drug-likeness (QED) is 0.906. The van der Waals surface area contributed by atoms with Crippen LogP contribution in [0, 0.1) is 5.92 Å². The van der Waals surface area contributed by atoms with Gasteiger partial charge in [0.1, 0.15) is 0 Å². The number of nitrogens with zero attached hydrogens (tertiary/aromatic N) is 1. The minimum absolute atomic E-state index is 0.776. The van der Waals surface area contributed by atoms with Crippen LogP contribution in [0.1, 0.15) is 18.5 Å².